The fraction of sp³-hybridized carbons (Fsp3) is 1.00. The van der Waals surface area contributed by atoms with E-state index in [0.29, 0.717) is 0 Å². The number of likely N-dealkylation sites (tertiary alicyclic amines) is 1. The molecule has 0 aromatic carbocycles. The summed E-state index contributed by atoms with van der Waals surface area (Å²) in [6, 6.07) is 0. The second-order valence-corrected chi connectivity index (χ2v) is 5.31. The lowest BCUT2D eigenvalue weighted by Crippen LogP contribution is -3.13. The number of unbranched alkanes of at least 4 members (excludes halogenated alkanes) is 3. The summed E-state index contributed by atoms with van der Waals surface area (Å²) in [6.07, 6.45) is 11.6. The molecule has 2 unspecified atom stereocenters. The second-order valence-electron chi connectivity index (χ2n) is 5.31. The van der Waals surface area contributed by atoms with Gasteiger partial charge in [-0.1, -0.05) is 33.1 Å². The molecular formula is C14H30ClN. The summed E-state index contributed by atoms with van der Waals surface area (Å²) >= 11 is 0. The largest absolute Gasteiger partial charge is 1.00 e. The molecule has 0 amide bonds. The summed E-state index contributed by atoms with van der Waals surface area (Å²) in [6.45, 7) is 8.98. The van der Waals surface area contributed by atoms with Crippen LogP contribution in [-0.4, -0.2) is 19.6 Å². The zero-order chi connectivity index (χ0) is 10.9. The molecule has 0 spiro atoms. The van der Waals surface area contributed by atoms with Crippen LogP contribution in [0.15, 0.2) is 0 Å². The van der Waals surface area contributed by atoms with Gasteiger partial charge in [-0.25, -0.2) is 0 Å². The fourth-order valence-corrected chi connectivity index (χ4v) is 2.84. The van der Waals surface area contributed by atoms with Crippen molar-refractivity contribution < 1.29 is 17.3 Å². The summed E-state index contributed by atoms with van der Waals surface area (Å²) < 4.78 is 0. The van der Waals surface area contributed by atoms with Gasteiger partial charge in [-0.3, -0.25) is 0 Å². The van der Waals surface area contributed by atoms with Crippen LogP contribution in [0.4, 0.5) is 0 Å². The number of quaternary nitrogens is 1. The summed E-state index contributed by atoms with van der Waals surface area (Å²) in [5.41, 5.74) is 0. The van der Waals surface area contributed by atoms with Crippen molar-refractivity contribution in [1.82, 2.24) is 0 Å². The maximum atomic E-state index is 2.31. The molecule has 1 aliphatic rings. The number of halogens is 1. The van der Waals surface area contributed by atoms with Gasteiger partial charge in [-0.2, -0.15) is 0 Å². The molecule has 1 aliphatic heterocycles. The van der Waals surface area contributed by atoms with Crippen LogP contribution in [0.3, 0.4) is 0 Å². The van der Waals surface area contributed by atoms with Crippen molar-refractivity contribution in [3.8, 4) is 0 Å². The van der Waals surface area contributed by atoms with Gasteiger partial charge in [0, 0.05) is 5.92 Å². The predicted molar refractivity (Wildman–Crippen MR) is 67.3 cm³/mol. The van der Waals surface area contributed by atoms with Gasteiger partial charge in [0.15, 0.2) is 0 Å². The van der Waals surface area contributed by atoms with Gasteiger partial charge in [-0.05, 0) is 32.1 Å². The van der Waals surface area contributed by atoms with Crippen molar-refractivity contribution in [3.05, 3.63) is 0 Å². The van der Waals surface area contributed by atoms with E-state index < -0.39 is 0 Å². The molecule has 2 heteroatoms. The first-order valence-corrected chi connectivity index (χ1v) is 7.20. The third-order valence-corrected chi connectivity index (χ3v) is 3.82. The van der Waals surface area contributed by atoms with E-state index >= 15 is 0 Å². The van der Waals surface area contributed by atoms with E-state index in [2.05, 4.69) is 13.8 Å². The summed E-state index contributed by atoms with van der Waals surface area (Å²) in [4.78, 5) is 1.90. The van der Waals surface area contributed by atoms with E-state index in [-0.39, 0.29) is 12.4 Å². The minimum Gasteiger partial charge on any atom is -1.00 e. The highest BCUT2D eigenvalue weighted by Crippen LogP contribution is 2.14. The van der Waals surface area contributed by atoms with Crippen molar-refractivity contribution in [3.63, 3.8) is 0 Å². The SMILES string of the molecule is CCCCC[NH+]1CCCC(CCCC)C1.[Cl-]. The Bertz CT molecular complexity index is 150. The van der Waals surface area contributed by atoms with Crippen molar-refractivity contribution in [2.75, 3.05) is 19.6 Å². The van der Waals surface area contributed by atoms with Crippen molar-refractivity contribution in [2.24, 2.45) is 5.92 Å². The van der Waals surface area contributed by atoms with E-state index in [1.54, 1.807) is 0 Å². The molecule has 1 fully saturated rings. The lowest BCUT2D eigenvalue weighted by molar-refractivity contribution is -0.909. The Morgan fingerprint density at radius 1 is 1.06 bits per heavy atom. The Morgan fingerprint density at radius 2 is 1.81 bits per heavy atom. The van der Waals surface area contributed by atoms with Crippen molar-refractivity contribution in [2.45, 2.75) is 65.2 Å². The topological polar surface area (TPSA) is 4.44 Å². The van der Waals surface area contributed by atoms with E-state index in [1.165, 1.54) is 71.0 Å². The van der Waals surface area contributed by atoms with Crippen molar-refractivity contribution >= 4 is 0 Å². The molecule has 0 aliphatic carbocycles. The molecule has 0 bridgehead atoms. The average molecular weight is 248 g/mol. The molecule has 1 rings (SSSR count). The number of hydrogen-bond acceptors (Lipinski definition) is 0. The molecule has 1 N–H and O–H groups in total. The Hall–Kier alpha value is 0.250. The molecular weight excluding hydrogens is 218 g/mol. The van der Waals surface area contributed by atoms with Gasteiger partial charge in [0.1, 0.15) is 0 Å². The first kappa shape index (κ1) is 16.2. The van der Waals surface area contributed by atoms with E-state index in [4.69, 9.17) is 0 Å². The quantitative estimate of drug-likeness (QED) is 0.588. The maximum absolute atomic E-state index is 2.31. The molecule has 98 valence electrons. The molecule has 0 aromatic heterocycles. The van der Waals surface area contributed by atoms with Gasteiger partial charge in [0.25, 0.3) is 0 Å². The van der Waals surface area contributed by atoms with Crippen LogP contribution in [0.5, 0.6) is 0 Å². The van der Waals surface area contributed by atoms with E-state index in [0.717, 1.165) is 5.92 Å². The molecule has 0 aromatic rings. The first-order chi connectivity index (χ1) is 7.36. The van der Waals surface area contributed by atoms with Crippen molar-refractivity contribution in [1.29, 1.82) is 0 Å². The van der Waals surface area contributed by atoms with Crippen LogP contribution in [0.25, 0.3) is 0 Å². The summed E-state index contributed by atoms with van der Waals surface area (Å²) in [5.74, 6) is 1.05. The monoisotopic (exact) mass is 247 g/mol. The van der Waals surface area contributed by atoms with Crippen LogP contribution < -0.4 is 17.3 Å². The van der Waals surface area contributed by atoms with Gasteiger partial charge in [-0.15, -0.1) is 0 Å². The second kappa shape index (κ2) is 10.4. The highest BCUT2D eigenvalue weighted by Gasteiger charge is 2.21. The highest BCUT2D eigenvalue weighted by atomic mass is 35.5. The first-order valence-electron chi connectivity index (χ1n) is 7.20. The van der Waals surface area contributed by atoms with E-state index in [9.17, 15) is 0 Å². The Kier molecular flexibility index (Phi) is 10.6. The molecule has 1 heterocycles. The Balaban J connectivity index is 0.00000225. The Labute approximate surface area is 108 Å². The molecule has 0 radical (unpaired) electrons. The number of piperidine rings is 1. The number of hydrogen-bond donors (Lipinski definition) is 1. The minimum atomic E-state index is 0. The summed E-state index contributed by atoms with van der Waals surface area (Å²) in [7, 11) is 0. The molecule has 16 heavy (non-hydrogen) atoms. The molecule has 1 nitrogen and oxygen atoms in total. The maximum Gasteiger partial charge on any atom is 0.0799 e. The van der Waals surface area contributed by atoms with Gasteiger partial charge >= 0.3 is 0 Å². The molecule has 2 atom stereocenters. The third-order valence-electron chi connectivity index (χ3n) is 3.82. The van der Waals surface area contributed by atoms with Gasteiger partial charge in [0.05, 0.1) is 19.6 Å². The zero-order valence-corrected chi connectivity index (χ0v) is 12.0. The predicted octanol–water partition coefficient (Wildman–Crippen LogP) is -0.334. The van der Waals surface area contributed by atoms with Crippen LogP contribution in [-0.2, 0) is 0 Å². The van der Waals surface area contributed by atoms with Crippen LogP contribution in [0.1, 0.15) is 65.2 Å². The average Bonchev–Trinajstić information content (AvgIpc) is 2.27. The van der Waals surface area contributed by atoms with E-state index in [1.807, 2.05) is 4.90 Å². The Morgan fingerprint density at radius 3 is 2.50 bits per heavy atom. The standard InChI is InChI=1S/C14H29N.ClH/c1-3-5-7-11-15-12-8-10-14(13-15)9-6-4-2;/h14H,3-13H2,1-2H3;1H. The lowest BCUT2D eigenvalue weighted by atomic mass is 9.93. The number of rotatable bonds is 7. The van der Waals surface area contributed by atoms with Crippen LogP contribution in [0.2, 0.25) is 0 Å². The van der Waals surface area contributed by atoms with Gasteiger partial charge in [0.2, 0.25) is 0 Å². The normalized spacial score (nSPS) is 25.1. The smallest absolute Gasteiger partial charge is 0.0799 e. The molecule has 1 saturated heterocycles. The van der Waals surface area contributed by atoms with Gasteiger partial charge < -0.3 is 17.3 Å². The number of nitrogens with one attached hydrogen (secondary N) is 1. The minimum absolute atomic E-state index is 0. The van der Waals surface area contributed by atoms with Crippen LogP contribution >= 0.6 is 0 Å². The van der Waals surface area contributed by atoms with Crippen LogP contribution in [0, 0.1) is 5.92 Å². The highest BCUT2D eigenvalue weighted by molar-refractivity contribution is 4.61. The summed E-state index contributed by atoms with van der Waals surface area (Å²) in [5, 5.41) is 0. The third kappa shape index (κ3) is 6.75. The molecule has 0 saturated carbocycles. The fourth-order valence-electron chi connectivity index (χ4n) is 2.84. The zero-order valence-electron chi connectivity index (χ0n) is 11.2. The lowest BCUT2D eigenvalue weighted by Gasteiger charge is -2.29.